The highest BCUT2D eigenvalue weighted by Crippen LogP contribution is 2.29. The zero-order valence-corrected chi connectivity index (χ0v) is 17.9. The van der Waals surface area contributed by atoms with Crippen molar-refractivity contribution in [3.8, 4) is 11.5 Å². The molecule has 1 heterocycles. The first-order valence-electron chi connectivity index (χ1n) is 9.66. The number of benzene rings is 2. The van der Waals surface area contributed by atoms with Gasteiger partial charge < -0.3 is 38.2 Å². The first-order chi connectivity index (χ1) is 14.7. The zero-order chi connectivity index (χ0) is 21.2. The fraction of sp³-hybridized carbons (Fsp3) is 0.286. The lowest BCUT2D eigenvalue weighted by Crippen LogP contribution is -3.00. The van der Waals surface area contributed by atoms with Gasteiger partial charge >= 0.3 is 0 Å². The first-order valence-corrected chi connectivity index (χ1v) is 9.66. The van der Waals surface area contributed by atoms with E-state index in [1.807, 2.05) is 55.5 Å². The van der Waals surface area contributed by atoms with Crippen LogP contribution in [0.5, 0.6) is 11.5 Å². The fourth-order valence-electron chi connectivity index (χ4n) is 2.72. The first kappa shape index (κ1) is 24.0. The molecule has 10 heteroatoms. The van der Waals surface area contributed by atoms with Crippen molar-refractivity contribution < 1.29 is 31.3 Å². The predicted molar refractivity (Wildman–Crippen MR) is 111 cm³/mol. The molecule has 0 atom stereocenters. The lowest BCUT2D eigenvalue weighted by molar-refractivity contribution is -0.0000158. The van der Waals surface area contributed by atoms with Crippen molar-refractivity contribution in [2.24, 2.45) is 0 Å². The molecule has 0 spiro atoms. The van der Waals surface area contributed by atoms with E-state index < -0.39 is 5.91 Å². The number of amides is 1. The minimum atomic E-state index is -0.422. The number of carbonyl (C=O) groups excluding carboxylic acids is 1. The number of hydrogen-bond acceptors (Lipinski definition) is 8. The Morgan fingerprint density at radius 2 is 1.84 bits per heavy atom. The molecule has 4 N–H and O–H groups in total. The number of nitrogen functional groups attached to an aromatic ring is 1. The van der Waals surface area contributed by atoms with Crippen LogP contribution >= 0.6 is 0 Å². The molecule has 0 aliphatic carbocycles. The minimum absolute atomic E-state index is 0. The Bertz CT molecular complexity index is 952. The molecule has 9 nitrogen and oxygen atoms in total. The van der Waals surface area contributed by atoms with Crippen LogP contribution < -0.4 is 38.2 Å². The van der Waals surface area contributed by atoms with E-state index >= 15 is 0 Å². The van der Waals surface area contributed by atoms with E-state index in [1.165, 1.54) is 0 Å². The molecule has 2 aromatic carbocycles. The quantitative estimate of drug-likeness (QED) is 0.325. The minimum Gasteiger partial charge on any atom is -1.00 e. The second-order valence-corrected chi connectivity index (χ2v) is 6.42. The molecule has 3 rings (SSSR count). The molecule has 0 saturated heterocycles. The molecule has 0 aliphatic rings. The van der Waals surface area contributed by atoms with Gasteiger partial charge in [-0.2, -0.15) is 0 Å². The molecule has 0 saturated carbocycles. The van der Waals surface area contributed by atoms with E-state index in [-0.39, 0.29) is 23.9 Å². The zero-order valence-electron chi connectivity index (χ0n) is 17.1. The van der Waals surface area contributed by atoms with Crippen molar-refractivity contribution in [2.45, 2.75) is 20.1 Å². The van der Waals surface area contributed by atoms with E-state index in [2.05, 4.69) is 25.6 Å². The third kappa shape index (κ3) is 7.16. The molecule has 1 aromatic heterocycles. The lowest BCUT2D eigenvalue weighted by atomic mass is 10.2. The van der Waals surface area contributed by atoms with Crippen LogP contribution in [0.3, 0.4) is 0 Å². The third-order valence-corrected chi connectivity index (χ3v) is 4.19. The van der Waals surface area contributed by atoms with Crippen LogP contribution in [-0.2, 0) is 13.2 Å². The molecular formula is C21H25ClN5O4-. The second kappa shape index (κ2) is 12.4. The average molecular weight is 447 g/mol. The number of aromatic nitrogens is 2. The van der Waals surface area contributed by atoms with Gasteiger partial charge in [0.05, 0.1) is 6.61 Å². The number of nitrogens with one attached hydrogen (secondary N) is 2. The number of hydrogen-bond donors (Lipinski definition) is 3. The lowest BCUT2D eigenvalue weighted by Gasteiger charge is -2.14. The van der Waals surface area contributed by atoms with E-state index in [1.54, 1.807) is 0 Å². The van der Waals surface area contributed by atoms with E-state index in [0.29, 0.717) is 44.3 Å². The van der Waals surface area contributed by atoms with Gasteiger partial charge in [0.25, 0.3) is 5.91 Å². The molecule has 0 radical (unpaired) electrons. The molecule has 1 amide bonds. The molecular weight excluding hydrogens is 422 g/mol. The SMILES string of the molecule is CCOc1cc(CNCCNC(=O)c2nonc2N)ccc1OCc1ccccc1.[Cl-]. The van der Waals surface area contributed by atoms with Crippen molar-refractivity contribution in [1.82, 2.24) is 20.9 Å². The maximum atomic E-state index is 11.9. The predicted octanol–water partition coefficient (Wildman–Crippen LogP) is -0.847. The number of nitrogens with zero attached hydrogens (tertiary/aromatic N) is 2. The summed E-state index contributed by atoms with van der Waals surface area (Å²) in [6.07, 6.45) is 0. The highest BCUT2D eigenvalue weighted by atomic mass is 35.5. The van der Waals surface area contributed by atoms with Gasteiger partial charge in [-0.05, 0) is 40.5 Å². The van der Waals surface area contributed by atoms with Crippen molar-refractivity contribution in [3.05, 3.63) is 65.4 Å². The number of anilines is 1. The van der Waals surface area contributed by atoms with E-state index in [0.717, 1.165) is 11.1 Å². The smallest absolute Gasteiger partial charge is 0.277 e. The molecule has 0 bridgehead atoms. The van der Waals surface area contributed by atoms with Crippen molar-refractivity contribution in [3.63, 3.8) is 0 Å². The number of halogens is 1. The van der Waals surface area contributed by atoms with Crippen LogP contribution in [0.2, 0.25) is 0 Å². The van der Waals surface area contributed by atoms with Crippen LogP contribution in [0.15, 0.2) is 53.2 Å². The summed E-state index contributed by atoms with van der Waals surface area (Å²) in [6.45, 7) is 4.54. The normalized spacial score (nSPS) is 10.2. The fourth-order valence-corrected chi connectivity index (χ4v) is 2.72. The Hall–Kier alpha value is -3.30. The summed E-state index contributed by atoms with van der Waals surface area (Å²) in [5.41, 5.74) is 7.61. The van der Waals surface area contributed by atoms with Crippen molar-refractivity contribution in [1.29, 1.82) is 0 Å². The van der Waals surface area contributed by atoms with Gasteiger partial charge in [-0.15, -0.1) is 0 Å². The van der Waals surface area contributed by atoms with Crippen LogP contribution in [0, 0.1) is 0 Å². The van der Waals surface area contributed by atoms with Gasteiger partial charge in [0.2, 0.25) is 11.5 Å². The van der Waals surface area contributed by atoms with Crippen LogP contribution in [0.4, 0.5) is 5.82 Å². The Labute approximate surface area is 186 Å². The van der Waals surface area contributed by atoms with Crippen LogP contribution in [0.25, 0.3) is 0 Å². The Morgan fingerprint density at radius 1 is 1.03 bits per heavy atom. The largest absolute Gasteiger partial charge is 1.00 e. The molecule has 0 unspecified atom stereocenters. The Morgan fingerprint density at radius 3 is 2.55 bits per heavy atom. The van der Waals surface area contributed by atoms with Gasteiger partial charge in [0, 0.05) is 19.6 Å². The average Bonchev–Trinajstić information content (AvgIpc) is 3.20. The summed E-state index contributed by atoms with van der Waals surface area (Å²) in [7, 11) is 0. The molecule has 31 heavy (non-hydrogen) atoms. The summed E-state index contributed by atoms with van der Waals surface area (Å²) < 4.78 is 16.1. The second-order valence-electron chi connectivity index (χ2n) is 6.42. The number of ether oxygens (including phenoxy) is 2. The number of rotatable bonds is 11. The standard InChI is InChI=1S/C21H25N5O4.ClH/c1-2-28-18-12-16(8-9-17(18)29-14-15-6-4-3-5-7-15)13-23-10-11-24-21(27)19-20(22)26-30-25-19;/h3-9,12,23H,2,10-11,13-14H2,1H3,(H2,22,26)(H,24,27);1H/p-1. The van der Waals surface area contributed by atoms with E-state index in [4.69, 9.17) is 15.2 Å². The van der Waals surface area contributed by atoms with Gasteiger partial charge in [-0.1, -0.05) is 36.4 Å². The highest BCUT2D eigenvalue weighted by molar-refractivity contribution is 5.95. The number of nitrogens with two attached hydrogens (primary N) is 1. The maximum absolute atomic E-state index is 11.9. The van der Waals surface area contributed by atoms with Gasteiger partial charge in [0.1, 0.15) is 6.61 Å². The van der Waals surface area contributed by atoms with Crippen LogP contribution in [-0.4, -0.2) is 35.9 Å². The summed E-state index contributed by atoms with van der Waals surface area (Å²) in [6, 6.07) is 15.8. The van der Waals surface area contributed by atoms with Crippen LogP contribution in [0.1, 0.15) is 28.5 Å². The van der Waals surface area contributed by atoms with Gasteiger partial charge in [-0.3, -0.25) is 4.79 Å². The van der Waals surface area contributed by atoms with E-state index in [9.17, 15) is 4.79 Å². The summed E-state index contributed by atoms with van der Waals surface area (Å²) in [5.74, 6) is 0.957. The molecule has 0 fully saturated rings. The summed E-state index contributed by atoms with van der Waals surface area (Å²) in [4.78, 5) is 11.9. The van der Waals surface area contributed by atoms with Crippen molar-refractivity contribution in [2.75, 3.05) is 25.4 Å². The molecule has 166 valence electrons. The summed E-state index contributed by atoms with van der Waals surface area (Å²) in [5, 5.41) is 12.8. The van der Waals surface area contributed by atoms with Crippen molar-refractivity contribution >= 4 is 11.7 Å². The van der Waals surface area contributed by atoms with Gasteiger partial charge in [0.15, 0.2) is 11.5 Å². The topological polar surface area (TPSA) is 125 Å². The maximum Gasteiger partial charge on any atom is 0.277 e. The van der Waals surface area contributed by atoms with Gasteiger partial charge in [-0.25, -0.2) is 4.63 Å². The Balaban J connectivity index is 0.00000341. The summed E-state index contributed by atoms with van der Waals surface area (Å²) >= 11 is 0. The third-order valence-electron chi connectivity index (χ3n) is 4.19. The molecule has 3 aromatic rings. The molecule has 0 aliphatic heterocycles. The number of carbonyl (C=O) groups is 1. The monoisotopic (exact) mass is 446 g/mol. The Kier molecular flexibility index (Phi) is 9.60. The highest BCUT2D eigenvalue weighted by Gasteiger charge is 2.14.